The van der Waals surface area contributed by atoms with Crippen molar-refractivity contribution in [3.8, 4) is 11.3 Å². The zero-order valence-electron chi connectivity index (χ0n) is 17.7. The Labute approximate surface area is 184 Å². The predicted octanol–water partition coefficient (Wildman–Crippen LogP) is 4.41. The number of aromatic nitrogens is 4. The number of benzene rings is 2. The van der Waals surface area contributed by atoms with E-state index in [1.54, 1.807) is 36.1 Å². The molecule has 0 saturated heterocycles. The van der Waals surface area contributed by atoms with E-state index in [2.05, 4.69) is 20.6 Å². The van der Waals surface area contributed by atoms with Crippen LogP contribution in [0.1, 0.15) is 29.8 Å². The van der Waals surface area contributed by atoms with Crippen LogP contribution in [-0.4, -0.2) is 25.8 Å². The van der Waals surface area contributed by atoms with Crippen LogP contribution in [0.5, 0.6) is 0 Å². The Bertz CT molecular complexity index is 1240. The van der Waals surface area contributed by atoms with Crippen molar-refractivity contribution in [3.05, 3.63) is 89.5 Å². The minimum atomic E-state index is -0.304. The lowest BCUT2D eigenvalue weighted by Crippen LogP contribution is -2.07. The number of halogens is 1. The van der Waals surface area contributed by atoms with E-state index in [0.29, 0.717) is 30.2 Å². The summed E-state index contributed by atoms with van der Waals surface area (Å²) in [5.41, 5.74) is 4.06. The number of amides is 1. The van der Waals surface area contributed by atoms with Gasteiger partial charge in [0, 0.05) is 42.8 Å². The second kappa shape index (κ2) is 9.38. The van der Waals surface area contributed by atoms with Gasteiger partial charge in [-0.25, -0.2) is 4.39 Å². The van der Waals surface area contributed by atoms with Gasteiger partial charge in [-0.1, -0.05) is 24.2 Å². The summed E-state index contributed by atoms with van der Waals surface area (Å²) in [6.45, 7) is 1.96. The number of carbonyl (C=O) groups excluding carboxylic acids is 1. The maximum absolute atomic E-state index is 13.2. The van der Waals surface area contributed by atoms with Gasteiger partial charge >= 0.3 is 0 Å². The van der Waals surface area contributed by atoms with Gasteiger partial charge in [0.2, 0.25) is 11.8 Å². The normalized spacial score (nSPS) is 11.2. The summed E-state index contributed by atoms with van der Waals surface area (Å²) in [6, 6.07) is 13.6. The van der Waals surface area contributed by atoms with Gasteiger partial charge in [-0.05, 0) is 48.0 Å². The molecule has 2 aromatic carbocycles. The molecule has 2 heterocycles. The van der Waals surface area contributed by atoms with Crippen molar-refractivity contribution in [2.75, 3.05) is 5.32 Å². The van der Waals surface area contributed by atoms with E-state index >= 15 is 0 Å². The molecule has 0 spiro atoms. The summed E-state index contributed by atoms with van der Waals surface area (Å²) in [5, 5.41) is 11.0. The zero-order chi connectivity index (χ0) is 22.5. The Kier molecular flexibility index (Phi) is 6.21. The first-order valence-electron chi connectivity index (χ1n) is 10.2. The summed E-state index contributed by atoms with van der Waals surface area (Å²) < 4.78 is 20.1. The van der Waals surface area contributed by atoms with Crippen LogP contribution in [0, 0.1) is 5.82 Å². The minimum absolute atomic E-state index is 0.266. The number of nitrogens with zero attached hydrogens (tertiary/aromatic N) is 4. The van der Waals surface area contributed by atoms with E-state index in [1.807, 2.05) is 31.2 Å². The number of hydrogen-bond acceptors (Lipinski definition) is 5. The molecule has 32 heavy (non-hydrogen) atoms. The highest BCUT2D eigenvalue weighted by atomic mass is 19.1. The monoisotopic (exact) mass is 431 g/mol. The Balaban J connectivity index is 1.40. The van der Waals surface area contributed by atoms with Crippen LogP contribution in [0.25, 0.3) is 17.3 Å². The molecule has 0 saturated carbocycles. The molecule has 162 valence electrons. The lowest BCUT2D eigenvalue weighted by atomic mass is 10.1. The molecule has 0 fully saturated rings. The van der Waals surface area contributed by atoms with E-state index in [-0.39, 0.29) is 11.7 Å². The average Bonchev–Trinajstić information content (AvgIpc) is 3.40. The van der Waals surface area contributed by atoms with Gasteiger partial charge in [0.1, 0.15) is 5.82 Å². The van der Waals surface area contributed by atoms with Crippen LogP contribution < -0.4 is 5.32 Å². The molecule has 7 nitrogen and oxygen atoms in total. The van der Waals surface area contributed by atoms with Gasteiger partial charge in [0.05, 0.1) is 11.9 Å². The summed E-state index contributed by atoms with van der Waals surface area (Å²) in [5.74, 6) is 0.681. The fraction of sp³-hybridized carbons (Fsp3) is 0.167. The second-order valence-corrected chi connectivity index (χ2v) is 7.23. The van der Waals surface area contributed by atoms with Gasteiger partial charge in [-0.15, -0.1) is 0 Å². The van der Waals surface area contributed by atoms with Crippen LogP contribution in [0.4, 0.5) is 10.1 Å². The van der Waals surface area contributed by atoms with Crippen LogP contribution >= 0.6 is 0 Å². The largest absolute Gasteiger partial charge is 0.339 e. The Morgan fingerprint density at radius 3 is 2.59 bits per heavy atom. The Morgan fingerprint density at radius 1 is 1.16 bits per heavy atom. The maximum Gasteiger partial charge on any atom is 0.248 e. The molecule has 0 atom stereocenters. The second-order valence-electron chi connectivity index (χ2n) is 7.23. The van der Waals surface area contributed by atoms with Crippen molar-refractivity contribution in [1.82, 2.24) is 19.9 Å². The van der Waals surface area contributed by atoms with E-state index in [9.17, 15) is 9.18 Å². The average molecular weight is 431 g/mol. The standard InChI is InChI=1S/C24H22FN5O2/c1-3-23-28-21(29-32-23)14-16-4-11-20(12-5-16)27-22(31)13-8-18-15-26-30(2)24(18)17-6-9-19(25)10-7-17/h4-13,15H,3,14H2,1-2H3,(H,27,31). The quantitative estimate of drug-likeness (QED) is 0.438. The number of anilines is 1. The van der Waals surface area contributed by atoms with Crippen molar-refractivity contribution in [3.63, 3.8) is 0 Å². The predicted molar refractivity (Wildman–Crippen MR) is 119 cm³/mol. The van der Waals surface area contributed by atoms with Gasteiger partial charge in [0.25, 0.3) is 0 Å². The highest BCUT2D eigenvalue weighted by Crippen LogP contribution is 2.24. The van der Waals surface area contributed by atoms with Gasteiger partial charge in [0.15, 0.2) is 5.82 Å². The van der Waals surface area contributed by atoms with E-state index in [1.165, 1.54) is 18.2 Å². The number of nitrogens with one attached hydrogen (secondary N) is 1. The minimum Gasteiger partial charge on any atom is -0.339 e. The first-order chi connectivity index (χ1) is 15.5. The molecule has 0 aliphatic rings. The lowest BCUT2D eigenvalue weighted by molar-refractivity contribution is -0.111. The van der Waals surface area contributed by atoms with E-state index in [0.717, 1.165) is 22.4 Å². The molecule has 2 aromatic heterocycles. The fourth-order valence-corrected chi connectivity index (χ4v) is 3.28. The third-order valence-corrected chi connectivity index (χ3v) is 4.90. The van der Waals surface area contributed by atoms with Gasteiger partial charge < -0.3 is 9.84 Å². The smallest absolute Gasteiger partial charge is 0.248 e. The van der Waals surface area contributed by atoms with E-state index < -0.39 is 0 Å². The lowest BCUT2D eigenvalue weighted by Gasteiger charge is -2.05. The van der Waals surface area contributed by atoms with Gasteiger partial charge in [-0.3, -0.25) is 9.48 Å². The molecule has 0 unspecified atom stereocenters. The van der Waals surface area contributed by atoms with Crippen molar-refractivity contribution < 1.29 is 13.7 Å². The Morgan fingerprint density at radius 2 is 1.91 bits per heavy atom. The summed E-state index contributed by atoms with van der Waals surface area (Å²) in [6.07, 6.45) is 6.07. The highest BCUT2D eigenvalue weighted by molar-refractivity contribution is 6.02. The molecule has 8 heteroatoms. The SMILES string of the molecule is CCc1nc(Cc2ccc(NC(=O)C=Cc3cnn(C)c3-c3ccc(F)cc3)cc2)no1. The molecule has 4 rings (SSSR count). The van der Waals surface area contributed by atoms with Crippen molar-refractivity contribution in [2.24, 2.45) is 7.05 Å². The molecule has 1 amide bonds. The molecule has 0 aliphatic heterocycles. The van der Waals surface area contributed by atoms with E-state index in [4.69, 9.17) is 4.52 Å². The first-order valence-corrected chi connectivity index (χ1v) is 10.2. The molecular formula is C24H22FN5O2. The van der Waals surface area contributed by atoms with Crippen LogP contribution in [0.3, 0.4) is 0 Å². The number of carbonyl (C=O) groups is 1. The molecule has 4 aromatic rings. The zero-order valence-corrected chi connectivity index (χ0v) is 17.7. The summed E-state index contributed by atoms with van der Waals surface area (Å²) in [4.78, 5) is 16.7. The molecule has 0 aliphatic carbocycles. The fourth-order valence-electron chi connectivity index (χ4n) is 3.28. The maximum atomic E-state index is 13.2. The van der Waals surface area contributed by atoms with Crippen LogP contribution in [0.15, 0.2) is 65.3 Å². The Hall–Kier alpha value is -4.07. The molecule has 0 bridgehead atoms. The molecule has 1 N–H and O–H groups in total. The first kappa shape index (κ1) is 21.2. The molecular weight excluding hydrogens is 409 g/mol. The third kappa shape index (κ3) is 4.97. The number of aryl methyl sites for hydroxylation is 2. The topological polar surface area (TPSA) is 85.8 Å². The number of hydrogen-bond donors (Lipinski definition) is 1. The van der Waals surface area contributed by atoms with Crippen LogP contribution in [-0.2, 0) is 24.7 Å². The summed E-state index contributed by atoms with van der Waals surface area (Å²) >= 11 is 0. The summed E-state index contributed by atoms with van der Waals surface area (Å²) in [7, 11) is 1.80. The number of rotatable bonds is 7. The van der Waals surface area contributed by atoms with Crippen molar-refractivity contribution >= 4 is 17.7 Å². The third-order valence-electron chi connectivity index (χ3n) is 4.90. The molecule has 0 radical (unpaired) electrons. The van der Waals surface area contributed by atoms with Crippen molar-refractivity contribution in [1.29, 1.82) is 0 Å². The van der Waals surface area contributed by atoms with Gasteiger partial charge in [-0.2, -0.15) is 10.1 Å². The van der Waals surface area contributed by atoms with Crippen LogP contribution in [0.2, 0.25) is 0 Å². The van der Waals surface area contributed by atoms with Crippen molar-refractivity contribution in [2.45, 2.75) is 19.8 Å². The highest BCUT2D eigenvalue weighted by Gasteiger charge is 2.10.